The normalized spacial score (nSPS) is 10.9. The van der Waals surface area contributed by atoms with Crippen LogP contribution >= 0.6 is 0 Å². The van der Waals surface area contributed by atoms with Gasteiger partial charge in [0, 0.05) is 22.0 Å². The van der Waals surface area contributed by atoms with Crippen LogP contribution in [0.25, 0.3) is 60.9 Å². The van der Waals surface area contributed by atoms with E-state index >= 15 is 0 Å². The topological polar surface area (TPSA) is 38.0 Å². The SMILES string of the molecule is CC.CCc1ccc2c(c1)c1cc(-c3ccccc3-c3ccccc3-c3ccc(COC(=N)c4ccccc4)cc3)ccc1n2-c1ccccc1. The number of hydrogen-bond acceptors (Lipinski definition) is 2. The number of nitrogens with zero attached hydrogens (tertiary/aromatic N) is 1. The summed E-state index contributed by atoms with van der Waals surface area (Å²) in [6, 6.07) is 59.9. The molecule has 51 heavy (non-hydrogen) atoms. The van der Waals surface area contributed by atoms with Crippen LogP contribution in [0.2, 0.25) is 0 Å². The van der Waals surface area contributed by atoms with Gasteiger partial charge in [-0.1, -0.05) is 142 Å². The molecule has 1 N–H and O–H groups in total. The minimum Gasteiger partial charge on any atom is -0.473 e. The molecule has 3 heteroatoms. The lowest BCUT2D eigenvalue weighted by molar-refractivity contribution is 0.291. The molecule has 250 valence electrons. The van der Waals surface area contributed by atoms with Gasteiger partial charge in [-0.15, -0.1) is 0 Å². The molecule has 1 heterocycles. The average Bonchev–Trinajstić information content (AvgIpc) is 3.54. The molecule has 0 amide bonds. The van der Waals surface area contributed by atoms with Crippen LogP contribution in [0, 0.1) is 5.41 Å². The lowest BCUT2D eigenvalue weighted by atomic mass is 9.89. The molecule has 0 aliphatic rings. The lowest BCUT2D eigenvalue weighted by Crippen LogP contribution is -2.04. The molecule has 0 radical (unpaired) electrons. The van der Waals surface area contributed by atoms with Gasteiger partial charge in [-0.25, -0.2) is 0 Å². The monoisotopic (exact) mass is 662 g/mol. The number of aromatic nitrogens is 1. The maximum atomic E-state index is 8.29. The number of hydrogen-bond donors (Lipinski definition) is 1. The Morgan fingerprint density at radius 1 is 0.510 bits per heavy atom. The van der Waals surface area contributed by atoms with Crippen LogP contribution in [0.3, 0.4) is 0 Å². The fraction of sp³-hybridized carbons (Fsp3) is 0.104. The number of fused-ring (bicyclic) bond motifs is 3. The largest absolute Gasteiger partial charge is 0.473 e. The molecule has 7 aromatic carbocycles. The molecule has 0 saturated heterocycles. The third kappa shape index (κ3) is 6.71. The molecule has 0 saturated carbocycles. The second-order valence-electron chi connectivity index (χ2n) is 12.4. The van der Waals surface area contributed by atoms with Crippen LogP contribution in [-0.2, 0) is 17.8 Å². The highest BCUT2D eigenvalue weighted by molar-refractivity contribution is 6.11. The minimum absolute atomic E-state index is 0.181. The van der Waals surface area contributed by atoms with Crippen molar-refractivity contribution in [3.63, 3.8) is 0 Å². The summed E-state index contributed by atoms with van der Waals surface area (Å²) in [5.74, 6) is 0.181. The molecule has 0 aliphatic heterocycles. The van der Waals surface area contributed by atoms with Crippen molar-refractivity contribution in [2.75, 3.05) is 0 Å². The van der Waals surface area contributed by atoms with Crippen LogP contribution in [0.4, 0.5) is 0 Å². The Hall–Kier alpha value is -6.19. The molecule has 0 aliphatic carbocycles. The van der Waals surface area contributed by atoms with Gasteiger partial charge in [-0.05, 0) is 99.5 Å². The van der Waals surface area contributed by atoms with E-state index in [2.05, 4.69) is 151 Å². The second-order valence-corrected chi connectivity index (χ2v) is 12.4. The number of benzene rings is 7. The van der Waals surface area contributed by atoms with Gasteiger partial charge in [0.15, 0.2) is 0 Å². The van der Waals surface area contributed by atoms with Gasteiger partial charge in [-0.2, -0.15) is 0 Å². The van der Waals surface area contributed by atoms with E-state index in [1.54, 1.807) is 0 Å². The first-order chi connectivity index (χ1) is 25.2. The zero-order chi connectivity index (χ0) is 35.2. The third-order valence-electron chi connectivity index (χ3n) is 9.39. The first-order valence-corrected chi connectivity index (χ1v) is 17.9. The van der Waals surface area contributed by atoms with Gasteiger partial charge < -0.3 is 9.30 Å². The summed E-state index contributed by atoms with van der Waals surface area (Å²) < 4.78 is 8.18. The minimum atomic E-state index is 0.181. The predicted molar refractivity (Wildman–Crippen MR) is 216 cm³/mol. The van der Waals surface area contributed by atoms with Gasteiger partial charge in [0.2, 0.25) is 5.90 Å². The van der Waals surface area contributed by atoms with Crippen molar-refractivity contribution in [1.82, 2.24) is 4.57 Å². The molecule has 0 fully saturated rings. The van der Waals surface area contributed by atoms with Gasteiger partial charge >= 0.3 is 0 Å². The molecule has 3 nitrogen and oxygen atoms in total. The van der Waals surface area contributed by atoms with Crippen LogP contribution < -0.4 is 0 Å². The molecule has 0 unspecified atom stereocenters. The number of rotatable bonds is 8. The van der Waals surface area contributed by atoms with Gasteiger partial charge in [0.05, 0.1) is 11.0 Å². The molecular weight excluding hydrogens is 621 g/mol. The van der Waals surface area contributed by atoms with E-state index in [0.717, 1.165) is 23.1 Å². The Morgan fingerprint density at radius 2 is 1.00 bits per heavy atom. The van der Waals surface area contributed by atoms with E-state index in [0.29, 0.717) is 6.61 Å². The van der Waals surface area contributed by atoms with Gasteiger partial charge in [-0.3, -0.25) is 5.41 Å². The molecule has 0 spiro atoms. The Balaban J connectivity index is 0.00000200. The summed E-state index contributed by atoms with van der Waals surface area (Å²) >= 11 is 0. The van der Waals surface area contributed by atoms with Crippen molar-refractivity contribution < 1.29 is 4.74 Å². The summed E-state index contributed by atoms with van der Waals surface area (Å²) in [5.41, 5.74) is 13.8. The summed E-state index contributed by atoms with van der Waals surface area (Å²) in [7, 11) is 0. The third-order valence-corrected chi connectivity index (χ3v) is 9.39. The number of aryl methyl sites for hydroxylation is 1. The number of nitrogens with one attached hydrogen (secondary N) is 1. The summed E-state index contributed by atoms with van der Waals surface area (Å²) in [4.78, 5) is 0. The Labute approximate surface area is 300 Å². The first-order valence-electron chi connectivity index (χ1n) is 17.9. The summed E-state index contributed by atoms with van der Waals surface area (Å²) in [5, 5.41) is 10.8. The van der Waals surface area contributed by atoms with Crippen molar-refractivity contribution in [2.24, 2.45) is 0 Å². The van der Waals surface area contributed by atoms with E-state index in [-0.39, 0.29) is 5.90 Å². The van der Waals surface area contributed by atoms with E-state index in [9.17, 15) is 0 Å². The highest BCUT2D eigenvalue weighted by Crippen LogP contribution is 2.41. The second kappa shape index (κ2) is 15.1. The quantitative estimate of drug-likeness (QED) is 0.128. The van der Waals surface area contributed by atoms with Crippen LogP contribution in [0.5, 0.6) is 0 Å². The summed E-state index contributed by atoms with van der Waals surface area (Å²) in [6.07, 6.45) is 0.999. The zero-order valence-corrected chi connectivity index (χ0v) is 29.4. The Kier molecular flexibility index (Phi) is 9.89. The van der Waals surface area contributed by atoms with Crippen molar-refractivity contribution >= 4 is 27.7 Å². The van der Waals surface area contributed by atoms with Gasteiger partial charge in [0.1, 0.15) is 6.61 Å². The van der Waals surface area contributed by atoms with Crippen molar-refractivity contribution in [2.45, 2.75) is 33.8 Å². The standard InChI is InChI=1S/C46H36N2O.C2H6/c1-2-32-23-27-44-42(29-32)43-30-36(26-28-45(43)48(44)37-15-7-4-8-16-37)39-18-10-12-20-41(39)40-19-11-9-17-38(40)34-24-21-33(22-25-34)31-49-46(47)35-13-5-3-6-14-35;1-2/h3-30,47H,2,31H2,1H3;1-2H3. The molecule has 8 aromatic rings. The van der Waals surface area contributed by atoms with E-state index < -0.39 is 0 Å². The van der Waals surface area contributed by atoms with E-state index in [4.69, 9.17) is 10.1 Å². The predicted octanol–water partition coefficient (Wildman–Crippen LogP) is 12.9. The molecule has 0 atom stereocenters. The fourth-order valence-corrected chi connectivity index (χ4v) is 6.86. The van der Waals surface area contributed by atoms with Crippen LogP contribution in [0.15, 0.2) is 170 Å². The van der Waals surface area contributed by atoms with E-state index in [1.807, 2.05) is 44.2 Å². The van der Waals surface area contributed by atoms with Crippen molar-refractivity contribution in [3.05, 3.63) is 187 Å². The maximum Gasteiger partial charge on any atom is 0.213 e. The van der Waals surface area contributed by atoms with Crippen LogP contribution in [-0.4, -0.2) is 10.5 Å². The maximum absolute atomic E-state index is 8.29. The lowest BCUT2D eigenvalue weighted by Gasteiger charge is -2.15. The highest BCUT2D eigenvalue weighted by atomic mass is 16.5. The smallest absolute Gasteiger partial charge is 0.213 e. The number of para-hydroxylation sites is 1. The Morgan fingerprint density at radius 3 is 1.63 bits per heavy atom. The summed E-state index contributed by atoms with van der Waals surface area (Å²) in [6.45, 7) is 6.57. The molecule has 8 rings (SSSR count). The van der Waals surface area contributed by atoms with Gasteiger partial charge in [0.25, 0.3) is 0 Å². The van der Waals surface area contributed by atoms with Crippen molar-refractivity contribution in [3.8, 4) is 39.1 Å². The molecular formula is C48H42N2O. The van der Waals surface area contributed by atoms with E-state index in [1.165, 1.54) is 60.9 Å². The first kappa shape index (κ1) is 33.3. The Bertz CT molecular complexity index is 2420. The average molecular weight is 663 g/mol. The molecule has 0 bridgehead atoms. The molecule has 1 aromatic heterocycles. The van der Waals surface area contributed by atoms with Crippen LogP contribution in [0.1, 0.15) is 37.5 Å². The zero-order valence-electron chi connectivity index (χ0n) is 29.4. The number of ether oxygens (including phenoxy) is 1. The fourth-order valence-electron chi connectivity index (χ4n) is 6.86. The highest BCUT2D eigenvalue weighted by Gasteiger charge is 2.17. The van der Waals surface area contributed by atoms with Crippen molar-refractivity contribution in [1.29, 1.82) is 5.41 Å².